The van der Waals surface area contributed by atoms with Crippen LogP contribution >= 0.6 is 11.6 Å². The second-order valence-corrected chi connectivity index (χ2v) is 8.12. The summed E-state index contributed by atoms with van der Waals surface area (Å²) in [5.74, 6) is 0.144. The zero-order chi connectivity index (χ0) is 22.3. The second-order valence-electron chi connectivity index (χ2n) is 7.68. The highest BCUT2D eigenvalue weighted by Crippen LogP contribution is 2.25. The van der Waals surface area contributed by atoms with E-state index in [1.165, 1.54) is 5.56 Å². The molecule has 3 aromatic rings. The molecule has 3 N–H and O–H groups in total. The summed E-state index contributed by atoms with van der Waals surface area (Å²) >= 11 is 6.19. The average Bonchev–Trinajstić information content (AvgIpc) is 3.33. The Morgan fingerprint density at radius 3 is 2.59 bits per heavy atom. The van der Waals surface area contributed by atoms with Crippen LogP contribution in [-0.2, 0) is 11.3 Å². The number of carbonyl (C=O) groups is 2. The van der Waals surface area contributed by atoms with E-state index >= 15 is 0 Å². The molecule has 1 fully saturated rings. The third kappa shape index (κ3) is 5.87. The molecule has 0 aromatic heterocycles. The molecule has 2 amide bonds. The van der Waals surface area contributed by atoms with Crippen LogP contribution in [0, 0.1) is 0 Å². The fourth-order valence-corrected chi connectivity index (χ4v) is 3.92. The molecule has 1 aliphatic heterocycles. The molecule has 0 aliphatic carbocycles. The Hall–Kier alpha value is -3.35. The molecule has 0 saturated carbocycles. The van der Waals surface area contributed by atoms with Gasteiger partial charge >= 0.3 is 6.09 Å². The average molecular weight is 450 g/mol. The molecule has 7 heteroatoms. The van der Waals surface area contributed by atoms with Gasteiger partial charge in [-0.2, -0.15) is 0 Å². The van der Waals surface area contributed by atoms with Crippen molar-refractivity contribution in [2.24, 2.45) is 0 Å². The van der Waals surface area contributed by atoms with E-state index in [0.717, 1.165) is 30.8 Å². The van der Waals surface area contributed by atoms with E-state index in [1.54, 1.807) is 18.2 Å². The second kappa shape index (κ2) is 10.3. The van der Waals surface area contributed by atoms with Gasteiger partial charge in [-0.25, -0.2) is 4.79 Å². The van der Waals surface area contributed by atoms with E-state index in [0.29, 0.717) is 22.2 Å². The zero-order valence-electron chi connectivity index (χ0n) is 17.4. The van der Waals surface area contributed by atoms with Crippen molar-refractivity contribution in [2.75, 3.05) is 23.7 Å². The van der Waals surface area contributed by atoms with Crippen molar-refractivity contribution < 1.29 is 14.3 Å². The van der Waals surface area contributed by atoms with Crippen LogP contribution in [0.1, 0.15) is 33.8 Å². The van der Waals surface area contributed by atoms with Gasteiger partial charge in [0.15, 0.2) is 0 Å². The Labute approximate surface area is 191 Å². The van der Waals surface area contributed by atoms with Crippen molar-refractivity contribution >= 4 is 35.0 Å². The van der Waals surface area contributed by atoms with Crippen LogP contribution in [-0.4, -0.2) is 25.1 Å². The lowest BCUT2D eigenvalue weighted by molar-refractivity contribution is 0.102. The summed E-state index contributed by atoms with van der Waals surface area (Å²) in [5.41, 5.74) is 3.51. The predicted octanol–water partition coefficient (Wildman–Crippen LogP) is 5.42. The summed E-state index contributed by atoms with van der Waals surface area (Å²) in [6.07, 6.45) is 0.460. The molecule has 1 atom stereocenters. The first-order chi connectivity index (χ1) is 15.6. The quantitative estimate of drug-likeness (QED) is 0.469. The smallest absolute Gasteiger partial charge is 0.411 e. The van der Waals surface area contributed by atoms with Crippen LogP contribution in [0.15, 0.2) is 72.8 Å². The van der Waals surface area contributed by atoms with Crippen LogP contribution in [0.2, 0.25) is 5.02 Å². The van der Waals surface area contributed by atoms with Gasteiger partial charge in [-0.05, 0) is 60.3 Å². The maximum Gasteiger partial charge on any atom is 0.411 e. The summed E-state index contributed by atoms with van der Waals surface area (Å²) < 4.78 is 5.23. The van der Waals surface area contributed by atoms with Gasteiger partial charge in [0, 0.05) is 28.5 Å². The molecule has 0 unspecified atom stereocenters. The van der Waals surface area contributed by atoms with Crippen LogP contribution < -0.4 is 16.0 Å². The number of benzene rings is 3. The van der Waals surface area contributed by atoms with Crippen molar-refractivity contribution in [3.8, 4) is 0 Å². The Morgan fingerprint density at radius 2 is 1.81 bits per heavy atom. The maximum atomic E-state index is 12.8. The van der Waals surface area contributed by atoms with Gasteiger partial charge in [0.25, 0.3) is 5.91 Å². The lowest BCUT2D eigenvalue weighted by Crippen LogP contribution is -2.16. The van der Waals surface area contributed by atoms with Crippen LogP contribution in [0.25, 0.3) is 0 Å². The van der Waals surface area contributed by atoms with Gasteiger partial charge in [-0.3, -0.25) is 10.1 Å². The largest absolute Gasteiger partial charge is 0.444 e. The molecule has 3 aromatic carbocycles. The third-order valence-electron chi connectivity index (χ3n) is 5.30. The molecule has 164 valence electrons. The molecular formula is C25H24ClN3O3. The Morgan fingerprint density at radius 1 is 0.969 bits per heavy atom. The molecule has 0 radical (unpaired) electrons. The topological polar surface area (TPSA) is 79.5 Å². The summed E-state index contributed by atoms with van der Waals surface area (Å²) in [6, 6.07) is 21.9. The van der Waals surface area contributed by atoms with Crippen molar-refractivity contribution in [1.29, 1.82) is 0 Å². The van der Waals surface area contributed by atoms with E-state index in [-0.39, 0.29) is 12.5 Å². The molecule has 6 nitrogen and oxygen atoms in total. The summed E-state index contributed by atoms with van der Waals surface area (Å²) in [5, 5.41) is 9.23. The molecule has 1 saturated heterocycles. The van der Waals surface area contributed by atoms with E-state index in [4.69, 9.17) is 16.3 Å². The number of carbonyl (C=O) groups excluding carboxylic acids is 2. The van der Waals surface area contributed by atoms with Gasteiger partial charge in [0.1, 0.15) is 6.61 Å². The summed E-state index contributed by atoms with van der Waals surface area (Å²) in [6.45, 7) is 2.10. The third-order valence-corrected chi connectivity index (χ3v) is 5.51. The SMILES string of the molecule is O=C(Nc1cc(Cl)cc(C(=O)Nc2cccc([C@H]3CCNC3)c2)c1)OCc1ccccc1. The molecule has 4 rings (SSSR count). The minimum atomic E-state index is -0.625. The van der Waals surface area contributed by atoms with Crippen LogP contribution in [0.3, 0.4) is 0 Å². The normalized spacial score (nSPS) is 15.2. The highest BCUT2D eigenvalue weighted by atomic mass is 35.5. The van der Waals surface area contributed by atoms with Crippen molar-refractivity contribution in [2.45, 2.75) is 18.9 Å². The molecule has 1 aliphatic rings. The molecule has 1 heterocycles. The number of ether oxygens (including phenoxy) is 1. The highest BCUT2D eigenvalue weighted by molar-refractivity contribution is 6.31. The first kappa shape index (κ1) is 21.9. The number of hydrogen-bond acceptors (Lipinski definition) is 4. The monoisotopic (exact) mass is 449 g/mol. The minimum absolute atomic E-state index is 0.146. The van der Waals surface area contributed by atoms with E-state index in [9.17, 15) is 9.59 Å². The van der Waals surface area contributed by atoms with Gasteiger partial charge in [0.2, 0.25) is 0 Å². The lowest BCUT2D eigenvalue weighted by atomic mass is 9.98. The van der Waals surface area contributed by atoms with Gasteiger partial charge in [-0.1, -0.05) is 54.1 Å². The van der Waals surface area contributed by atoms with Crippen molar-refractivity contribution in [3.05, 3.63) is 94.5 Å². The van der Waals surface area contributed by atoms with Crippen molar-refractivity contribution in [3.63, 3.8) is 0 Å². The van der Waals surface area contributed by atoms with E-state index < -0.39 is 6.09 Å². The fraction of sp³-hybridized carbons (Fsp3) is 0.200. The Balaban J connectivity index is 1.40. The number of hydrogen-bond donors (Lipinski definition) is 3. The number of halogens is 1. The number of nitrogens with one attached hydrogen (secondary N) is 3. The lowest BCUT2D eigenvalue weighted by Gasteiger charge is -2.12. The van der Waals surface area contributed by atoms with Crippen LogP contribution in [0.5, 0.6) is 0 Å². The molecule has 0 bridgehead atoms. The minimum Gasteiger partial charge on any atom is -0.444 e. The van der Waals surface area contributed by atoms with Gasteiger partial charge < -0.3 is 15.4 Å². The Kier molecular flexibility index (Phi) is 7.04. The highest BCUT2D eigenvalue weighted by Gasteiger charge is 2.17. The first-order valence-corrected chi connectivity index (χ1v) is 10.8. The van der Waals surface area contributed by atoms with Gasteiger partial charge in [-0.15, -0.1) is 0 Å². The van der Waals surface area contributed by atoms with E-state index in [1.807, 2.05) is 48.5 Å². The number of anilines is 2. The molecule has 0 spiro atoms. The molecule has 32 heavy (non-hydrogen) atoms. The Bertz CT molecular complexity index is 1100. The number of rotatable bonds is 6. The predicted molar refractivity (Wildman–Crippen MR) is 126 cm³/mol. The maximum absolute atomic E-state index is 12.8. The van der Waals surface area contributed by atoms with Crippen LogP contribution in [0.4, 0.5) is 16.2 Å². The first-order valence-electron chi connectivity index (χ1n) is 10.5. The number of amides is 2. The van der Waals surface area contributed by atoms with E-state index in [2.05, 4.69) is 22.0 Å². The van der Waals surface area contributed by atoms with Crippen molar-refractivity contribution in [1.82, 2.24) is 5.32 Å². The summed E-state index contributed by atoms with van der Waals surface area (Å²) in [7, 11) is 0. The zero-order valence-corrected chi connectivity index (χ0v) is 18.2. The molecular weight excluding hydrogens is 426 g/mol. The standard InChI is InChI=1S/C25H24ClN3O3/c26-21-11-20(13-23(14-21)29-25(31)32-16-17-5-2-1-3-6-17)24(30)28-22-8-4-7-18(12-22)19-9-10-27-15-19/h1-8,11-14,19,27H,9-10,15-16H2,(H,28,30)(H,29,31)/t19-/m0/s1. The fourth-order valence-electron chi connectivity index (χ4n) is 3.68. The summed E-state index contributed by atoms with van der Waals surface area (Å²) in [4.78, 5) is 25.0. The van der Waals surface area contributed by atoms with Gasteiger partial charge in [0.05, 0.1) is 0 Å².